The second kappa shape index (κ2) is 12.3. The lowest BCUT2D eigenvalue weighted by Crippen LogP contribution is -2.56. The van der Waals surface area contributed by atoms with Crippen LogP contribution in [-0.4, -0.2) is 68.5 Å². The average molecular weight is 626 g/mol. The number of halogens is 2. The summed E-state index contributed by atoms with van der Waals surface area (Å²) in [6.07, 6.45) is 5.02. The standard InChI is InChI=1S/C23H25ClN8O4S.BrH/c1-32-7-6-15-17(10-32)37-23(29-15)21(35)28-16-8-12(22-31-26-11-36-22)2-4-14(16)27-19(33)20(34)30-18-5-3-13(24)9-25-18;/h3,5,9,11-12,14,16H,2,4,6-8,10H2,1H3,(H,27,33)(H,28,35)(H,25,30,34);1H/t12-,14-,16+;/m0./s1. The molecule has 3 aromatic heterocycles. The molecule has 0 radical (unpaired) electrons. The van der Waals surface area contributed by atoms with Crippen LogP contribution in [0.25, 0.3) is 0 Å². The van der Waals surface area contributed by atoms with Crippen LogP contribution >= 0.6 is 39.9 Å². The number of thiazole rings is 1. The zero-order chi connectivity index (χ0) is 25.9. The van der Waals surface area contributed by atoms with Gasteiger partial charge in [0.15, 0.2) is 5.01 Å². The van der Waals surface area contributed by atoms with Crippen LogP contribution in [0.2, 0.25) is 5.02 Å². The van der Waals surface area contributed by atoms with Gasteiger partial charge in [-0.2, -0.15) is 0 Å². The molecule has 12 nitrogen and oxygen atoms in total. The summed E-state index contributed by atoms with van der Waals surface area (Å²) in [5.74, 6) is -1.42. The van der Waals surface area contributed by atoms with E-state index in [-0.39, 0.29) is 34.6 Å². The van der Waals surface area contributed by atoms with Crippen molar-refractivity contribution < 1.29 is 18.8 Å². The van der Waals surface area contributed by atoms with Gasteiger partial charge >= 0.3 is 11.8 Å². The van der Waals surface area contributed by atoms with Crippen LogP contribution in [0.1, 0.15) is 51.4 Å². The van der Waals surface area contributed by atoms with Gasteiger partial charge in [0.1, 0.15) is 5.82 Å². The first-order valence-electron chi connectivity index (χ1n) is 11.8. The van der Waals surface area contributed by atoms with Gasteiger partial charge in [-0.05, 0) is 38.4 Å². The van der Waals surface area contributed by atoms with E-state index in [9.17, 15) is 14.4 Å². The molecule has 0 saturated heterocycles. The number of carbonyl (C=O) groups excluding carboxylic acids is 3. The van der Waals surface area contributed by atoms with Crippen LogP contribution in [0.15, 0.2) is 29.1 Å². The molecular formula is C23H26BrClN8O4S. The maximum atomic E-state index is 13.2. The Morgan fingerprint density at radius 3 is 2.74 bits per heavy atom. The summed E-state index contributed by atoms with van der Waals surface area (Å²) in [4.78, 5) is 50.2. The largest absolute Gasteiger partial charge is 0.428 e. The van der Waals surface area contributed by atoms with Gasteiger partial charge in [0.25, 0.3) is 5.91 Å². The SMILES string of the molecule is Br.CN1CCc2nc(C(=O)N[C@@H]3C[C@@H](c4nnco4)CC[C@@H]3NC(=O)C(=O)Nc3ccc(Cl)cn3)sc2C1. The van der Waals surface area contributed by atoms with Gasteiger partial charge in [0.2, 0.25) is 12.3 Å². The number of nitrogens with zero attached hydrogens (tertiary/aromatic N) is 5. The average Bonchev–Trinajstić information content (AvgIpc) is 3.56. The summed E-state index contributed by atoms with van der Waals surface area (Å²) in [6, 6.07) is 2.09. The first-order valence-corrected chi connectivity index (χ1v) is 13.0. The fraction of sp³-hybridized carbons (Fsp3) is 0.435. The molecular weight excluding hydrogens is 600 g/mol. The molecule has 15 heteroatoms. The number of fused-ring (bicyclic) bond motifs is 1. The summed E-state index contributed by atoms with van der Waals surface area (Å²) in [5, 5.41) is 16.8. The van der Waals surface area contributed by atoms with Crippen molar-refractivity contribution in [2.75, 3.05) is 18.9 Å². The predicted molar refractivity (Wildman–Crippen MR) is 144 cm³/mol. The second-order valence-corrected chi connectivity index (χ2v) is 10.7. The number of hydrogen-bond donors (Lipinski definition) is 3. The van der Waals surface area contributed by atoms with Crippen LogP contribution < -0.4 is 16.0 Å². The molecule has 3 aromatic rings. The second-order valence-electron chi connectivity index (χ2n) is 9.14. The fourth-order valence-corrected chi connectivity index (χ4v) is 5.80. The van der Waals surface area contributed by atoms with E-state index in [2.05, 4.69) is 41.0 Å². The fourth-order valence-electron chi connectivity index (χ4n) is 4.59. The minimum Gasteiger partial charge on any atom is -0.428 e. The number of hydrogen-bond acceptors (Lipinski definition) is 10. The Balaban J connectivity index is 0.00000336. The molecule has 2 aliphatic rings. The molecule has 0 aromatic carbocycles. The number of pyridine rings is 1. The van der Waals surface area contributed by atoms with Gasteiger partial charge in [-0.25, -0.2) is 9.97 Å². The van der Waals surface area contributed by atoms with Crippen LogP contribution in [0.5, 0.6) is 0 Å². The molecule has 202 valence electrons. The Bertz CT molecular complexity index is 1290. The molecule has 1 aliphatic carbocycles. The topological polar surface area (TPSA) is 155 Å². The minimum atomic E-state index is -0.865. The first kappa shape index (κ1) is 28.1. The van der Waals surface area contributed by atoms with E-state index < -0.39 is 23.9 Å². The molecule has 3 N–H and O–H groups in total. The predicted octanol–water partition coefficient (Wildman–Crippen LogP) is 2.33. The molecule has 0 bridgehead atoms. The Morgan fingerprint density at radius 2 is 2.00 bits per heavy atom. The van der Waals surface area contributed by atoms with Gasteiger partial charge in [0.05, 0.1) is 16.8 Å². The van der Waals surface area contributed by atoms with Crippen molar-refractivity contribution in [2.45, 2.75) is 50.2 Å². The maximum absolute atomic E-state index is 13.2. The number of carbonyl (C=O) groups is 3. The van der Waals surface area contributed by atoms with Gasteiger partial charge in [-0.1, -0.05) is 11.6 Å². The van der Waals surface area contributed by atoms with E-state index in [1.807, 2.05) is 7.05 Å². The normalized spacial score (nSPS) is 21.1. The number of likely N-dealkylation sites (N-methyl/N-ethyl adjacent to an activating group) is 1. The van der Waals surface area contributed by atoms with Crippen molar-refractivity contribution in [3.8, 4) is 0 Å². The van der Waals surface area contributed by atoms with Gasteiger partial charge < -0.3 is 25.3 Å². The highest BCUT2D eigenvalue weighted by atomic mass is 79.9. The van der Waals surface area contributed by atoms with Gasteiger partial charge in [0, 0.05) is 42.5 Å². The minimum absolute atomic E-state index is 0. The molecule has 3 amide bonds. The Morgan fingerprint density at radius 1 is 1.16 bits per heavy atom. The monoisotopic (exact) mass is 624 g/mol. The van der Waals surface area contributed by atoms with Crippen LogP contribution in [0.4, 0.5) is 5.82 Å². The Labute approximate surface area is 237 Å². The number of anilines is 1. The summed E-state index contributed by atoms with van der Waals surface area (Å²) in [6.45, 7) is 1.66. The summed E-state index contributed by atoms with van der Waals surface area (Å²) in [5.41, 5.74) is 0.956. The molecule has 3 atom stereocenters. The number of amides is 3. The Kier molecular flexibility index (Phi) is 9.07. The van der Waals surface area contributed by atoms with Crippen molar-refractivity contribution in [2.24, 2.45) is 0 Å². The number of rotatable bonds is 5. The number of nitrogens with one attached hydrogen (secondary N) is 3. The molecule has 4 heterocycles. The van der Waals surface area contributed by atoms with E-state index in [0.717, 1.165) is 30.1 Å². The molecule has 5 rings (SSSR count). The third-order valence-electron chi connectivity index (χ3n) is 6.50. The quantitative estimate of drug-likeness (QED) is 0.362. The highest BCUT2D eigenvalue weighted by Crippen LogP contribution is 2.33. The lowest BCUT2D eigenvalue weighted by Gasteiger charge is -2.35. The maximum Gasteiger partial charge on any atom is 0.314 e. The van der Waals surface area contributed by atoms with Crippen LogP contribution in [0.3, 0.4) is 0 Å². The van der Waals surface area contributed by atoms with Crippen molar-refractivity contribution in [1.82, 2.24) is 35.7 Å². The van der Waals surface area contributed by atoms with Crippen molar-refractivity contribution >= 4 is 63.5 Å². The summed E-state index contributed by atoms with van der Waals surface area (Å²) < 4.78 is 5.39. The van der Waals surface area contributed by atoms with Crippen molar-refractivity contribution in [3.63, 3.8) is 0 Å². The molecule has 38 heavy (non-hydrogen) atoms. The first-order chi connectivity index (χ1) is 17.9. The van der Waals surface area contributed by atoms with Gasteiger partial charge in [-0.15, -0.1) is 38.5 Å². The van der Waals surface area contributed by atoms with E-state index in [1.54, 1.807) is 6.07 Å². The van der Waals surface area contributed by atoms with Crippen LogP contribution in [0, 0.1) is 0 Å². The van der Waals surface area contributed by atoms with E-state index in [1.165, 1.54) is 30.0 Å². The van der Waals surface area contributed by atoms with Crippen LogP contribution in [-0.2, 0) is 22.6 Å². The molecule has 1 saturated carbocycles. The number of aromatic nitrogens is 4. The molecule has 1 aliphatic heterocycles. The lowest BCUT2D eigenvalue weighted by molar-refractivity contribution is -0.136. The third-order valence-corrected chi connectivity index (χ3v) is 7.81. The zero-order valence-electron chi connectivity index (χ0n) is 20.3. The smallest absolute Gasteiger partial charge is 0.314 e. The van der Waals surface area contributed by atoms with E-state index in [0.29, 0.717) is 35.2 Å². The molecule has 1 fully saturated rings. The van der Waals surface area contributed by atoms with Gasteiger partial charge in [-0.3, -0.25) is 14.4 Å². The highest BCUT2D eigenvalue weighted by molar-refractivity contribution is 8.93. The third kappa shape index (κ3) is 6.54. The lowest BCUT2D eigenvalue weighted by atomic mass is 9.82. The molecule has 0 spiro atoms. The molecule has 0 unspecified atom stereocenters. The van der Waals surface area contributed by atoms with E-state index in [4.69, 9.17) is 16.0 Å². The Hall–Kier alpha value is -2.94. The van der Waals surface area contributed by atoms with E-state index >= 15 is 0 Å². The summed E-state index contributed by atoms with van der Waals surface area (Å²) >= 11 is 7.20. The zero-order valence-corrected chi connectivity index (χ0v) is 23.6. The highest BCUT2D eigenvalue weighted by Gasteiger charge is 2.37. The summed E-state index contributed by atoms with van der Waals surface area (Å²) in [7, 11) is 2.04. The van der Waals surface area contributed by atoms with Crippen molar-refractivity contribution in [1.29, 1.82) is 0 Å². The van der Waals surface area contributed by atoms with Crippen molar-refractivity contribution in [3.05, 3.63) is 51.2 Å².